The summed E-state index contributed by atoms with van der Waals surface area (Å²) in [5.41, 5.74) is 6.59. The molecule has 21 heavy (non-hydrogen) atoms. The van der Waals surface area contributed by atoms with Gasteiger partial charge in [0.1, 0.15) is 5.75 Å². The van der Waals surface area contributed by atoms with Gasteiger partial charge in [-0.1, -0.05) is 12.1 Å². The highest BCUT2D eigenvalue weighted by molar-refractivity contribution is 5.79. The fourth-order valence-electron chi connectivity index (χ4n) is 2.06. The van der Waals surface area contributed by atoms with Gasteiger partial charge in [0.25, 0.3) is 0 Å². The predicted octanol–water partition coefficient (Wildman–Crippen LogP) is 2.51. The molecule has 0 radical (unpaired) electrons. The van der Waals surface area contributed by atoms with E-state index in [9.17, 15) is 4.79 Å². The SMILES string of the molecule is CC(C)Oc1cccc(CC(CN)C(=O)NC(C)(C)C)c1. The Bertz CT molecular complexity index is 464. The van der Waals surface area contributed by atoms with Crippen LogP contribution < -0.4 is 15.8 Å². The summed E-state index contributed by atoms with van der Waals surface area (Å²) in [5, 5.41) is 2.99. The Labute approximate surface area is 128 Å². The first-order valence-corrected chi connectivity index (χ1v) is 7.49. The van der Waals surface area contributed by atoms with Gasteiger partial charge in [-0.05, 0) is 58.7 Å². The molecule has 1 amide bonds. The first-order chi connectivity index (χ1) is 9.71. The fraction of sp³-hybridized carbons (Fsp3) is 0.588. The lowest BCUT2D eigenvalue weighted by atomic mass is 9.97. The van der Waals surface area contributed by atoms with Crippen molar-refractivity contribution in [3.63, 3.8) is 0 Å². The van der Waals surface area contributed by atoms with Crippen LogP contribution in [0.1, 0.15) is 40.2 Å². The van der Waals surface area contributed by atoms with Crippen LogP contribution in [-0.2, 0) is 11.2 Å². The molecule has 1 aromatic rings. The van der Waals surface area contributed by atoms with Crippen LogP contribution in [-0.4, -0.2) is 24.1 Å². The normalized spacial score (nSPS) is 13.1. The van der Waals surface area contributed by atoms with E-state index in [1.807, 2.05) is 58.9 Å². The van der Waals surface area contributed by atoms with Gasteiger partial charge in [0.2, 0.25) is 5.91 Å². The van der Waals surface area contributed by atoms with Crippen molar-refractivity contribution in [1.82, 2.24) is 5.32 Å². The highest BCUT2D eigenvalue weighted by Gasteiger charge is 2.22. The first kappa shape index (κ1) is 17.5. The standard InChI is InChI=1S/C17H28N2O2/c1-12(2)21-15-8-6-7-13(10-15)9-14(11-18)16(20)19-17(3,4)5/h6-8,10,12,14H,9,11,18H2,1-5H3,(H,19,20). The van der Waals surface area contributed by atoms with Gasteiger partial charge in [-0.3, -0.25) is 4.79 Å². The van der Waals surface area contributed by atoms with Gasteiger partial charge in [-0.15, -0.1) is 0 Å². The van der Waals surface area contributed by atoms with E-state index in [1.54, 1.807) is 0 Å². The number of ether oxygens (including phenoxy) is 1. The monoisotopic (exact) mass is 292 g/mol. The number of nitrogens with one attached hydrogen (secondary N) is 1. The Morgan fingerprint density at radius 3 is 2.52 bits per heavy atom. The third-order valence-corrected chi connectivity index (χ3v) is 2.91. The van der Waals surface area contributed by atoms with Crippen LogP contribution in [0.4, 0.5) is 0 Å². The maximum absolute atomic E-state index is 12.2. The Morgan fingerprint density at radius 1 is 1.33 bits per heavy atom. The van der Waals surface area contributed by atoms with E-state index in [2.05, 4.69) is 5.32 Å². The zero-order valence-corrected chi connectivity index (χ0v) is 13.8. The summed E-state index contributed by atoms with van der Waals surface area (Å²) in [6, 6.07) is 7.85. The number of carbonyl (C=O) groups is 1. The molecule has 0 aliphatic rings. The van der Waals surface area contributed by atoms with Crippen molar-refractivity contribution in [3.05, 3.63) is 29.8 Å². The van der Waals surface area contributed by atoms with E-state index < -0.39 is 0 Å². The summed E-state index contributed by atoms with van der Waals surface area (Å²) in [4.78, 5) is 12.2. The Morgan fingerprint density at radius 2 is 2.00 bits per heavy atom. The topological polar surface area (TPSA) is 64.3 Å². The van der Waals surface area contributed by atoms with Crippen molar-refractivity contribution in [2.45, 2.75) is 52.7 Å². The molecule has 0 saturated carbocycles. The number of benzene rings is 1. The third kappa shape index (κ3) is 6.63. The summed E-state index contributed by atoms with van der Waals surface area (Å²) in [7, 11) is 0. The van der Waals surface area contributed by atoms with E-state index in [0.29, 0.717) is 13.0 Å². The Hall–Kier alpha value is -1.55. The van der Waals surface area contributed by atoms with Crippen molar-refractivity contribution < 1.29 is 9.53 Å². The minimum atomic E-state index is -0.243. The lowest BCUT2D eigenvalue weighted by Gasteiger charge is -2.24. The number of rotatable bonds is 6. The van der Waals surface area contributed by atoms with Crippen LogP contribution in [0.5, 0.6) is 5.75 Å². The molecule has 118 valence electrons. The second-order valence-corrected chi connectivity index (χ2v) is 6.69. The minimum Gasteiger partial charge on any atom is -0.491 e. The molecule has 3 N–H and O–H groups in total. The zero-order valence-electron chi connectivity index (χ0n) is 13.8. The highest BCUT2D eigenvalue weighted by Crippen LogP contribution is 2.18. The first-order valence-electron chi connectivity index (χ1n) is 7.49. The molecule has 0 fully saturated rings. The van der Waals surface area contributed by atoms with Crippen LogP contribution in [0.25, 0.3) is 0 Å². The van der Waals surface area contributed by atoms with E-state index >= 15 is 0 Å². The van der Waals surface area contributed by atoms with Crippen LogP contribution in [0.3, 0.4) is 0 Å². The van der Waals surface area contributed by atoms with Crippen LogP contribution >= 0.6 is 0 Å². The summed E-state index contributed by atoms with van der Waals surface area (Å²) in [6.07, 6.45) is 0.753. The number of hydrogen-bond acceptors (Lipinski definition) is 3. The van der Waals surface area contributed by atoms with Gasteiger partial charge in [0.05, 0.1) is 12.0 Å². The highest BCUT2D eigenvalue weighted by atomic mass is 16.5. The number of hydrogen-bond donors (Lipinski definition) is 2. The molecule has 0 aliphatic heterocycles. The van der Waals surface area contributed by atoms with Gasteiger partial charge >= 0.3 is 0 Å². The van der Waals surface area contributed by atoms with Crippen molar-refractivity contribution in [2.24, 2.45) is 11.7 Å². The molecular weight excluding hydrogens is 264 g/mol. The van der Waals surface area contributed by atoms with Crippen LogP contribution in [0.2, 0.25) is 0 Å². The van der Waals surface area contributed by atoms with E-state index in [-0.39, 0.29) is 23.5 Å². The molecule has 0 spiro atoms. The third-order valence-electron chi connectivity index (χ3n) is 2.91. The van der Waals surface area contributed by atoms with Gasteiger partial charge < -0.3 is 15.8 Å². The smallest absolute Gasteiger partial charge is 0.225 e. The second-order valence-electron chi connectivity index (χ2n) is 6.69. The summed E-state index contributed by atoms with van der Waals surface area (Å²) in [6.45, 7) is 10.2. The van der Waals surface area contributed by atoms with Crippen molar-refractivity contribution in [3.8, 4) is 5.75 Å². The largest absolute Gasteiger partial charge is 0.491 e. The second kappa shape index (κ2) is 7.46. The molecule has 4 nitrogen and oxygen atoms in total. The molecule has 0 aromatic heterocycles. The minimum absolute atomic E-state index is 0.000168. The van der Waals surface area contributed by atoms with E-state index in [4.69, 9.17) is 10.5 Å². The molecule has 0 saturated heterocycles. The molecule has 1 unspecified atom stereocenters. The van der Waals surface area contributed by atoms with Crippen molar-refractivity contribution in [2.75, 3.05) is 6.54 Å². The van der Waals surface area contributed by atoms with Crippen LogP contribution in [0, 0.1) is 5.92 Å². The van der Waals surface area contributed by atoms with E-state index in [1.165, 1.54) is 0 Å². The average Bonchev–Trinajstić information content (AvgIpc) is 2.33. The van der Waals surface area contributed by atoms with Gasteiger partial charge in [0, 0.05) is 12.1 Å². The molecule has 0 aliphatic carbocycles. The number of carbonyl (C=O) groups excluding carboxylic acids is 1. The number of amides is 1. The average molecular weight is 292 g/mol. The van der Waals surface area contributed by atoms with Gasteiger partial charge in [-0.25, -0.2) is 0 Å². The number of nitrogens with two attached hydrogens (primary N) is 1. The molecule has 0 bridgehead atoms. The molecular formula is C17H28N2O2. The molecule has 0 heterocycles. The predicted molar refractivity (Wildman–Crippen MR) is 86.4 cm³/mol. The summed E-state index contributed by atoms with van der Waals surface area (Å²) < 4.78 is 5.68. The summed E-state index contributed by atoms with van der Waals surface area (Å²) in [5.74, 6) is 0.605. The fourth-order valence-corrected chi connectivity index (χ4v) is 2.06. The Balaban J connectivity index is 2.75. The van der Waals surface area contributed by atoms with Crippen molar-refractivity contribution in [1.29, 1.82) is 0 Å². The van der Waals surface area contributed by atoms with Gasteiger partial charge in [0.15, 0.2) is 0 Å². The van der Waals surface area contributed by atoms with Crippen molar-refractivity contribution >= 4 is 5.91 Å². The van der Waals surface area contributed by atoms with Gasteiger partial charge in [-0.2, -0.15) is 0 Å². The molecule has 4 heteroatoms. The zero-order chi connectivity index (χ0) is 16.0. The molecule has 1 atom stereocenters. The summed E-state index contributed by atoms with van der Waals surface area (Å²) >= 11 is 0. The molecule has 1 rings (SSSR count). The quantitative estimate of drug-likeness (QED) is 0.846. The Kier molecular flexibility index (Phi) is 6.21. The van der Waals surface area contributed by atoms with Crippen LogP contribution in [0.15, 0.2) is 24.3 Å². The van der Waals surface area contributed by atoms with E-state index in [0.717, 1.165) is 11.3 Å². The maximum atomic E-state index is 12.2. The molecule has 1 aromatic carbocycles. The lowest BCUT2D eigenvalue weighted by Crippen LogP contribution is -2.46. The maximum Gasteiger partial charge on any atom is 0.225 e. The lowest BCUT2D eigenvalue weighted by molar-refractivity contribution is -0.126.